The fourth-order valence-electron chi connectivity index (χ4n) is 2.00. The molecule has 0 aromatic heterocycles. The Hall–Kier alpha value is -1.30. The van der Waals surface area contributed by atoms with Crippen LogP contribution in [-0.2, 0) is 4.79 Å². The first kappa shape index (κ1) is 18.7. The molecule has 2 amide bonds. The van der Waals surface area contributed by atoms with E-state index >= 15 is 0 Å². The number of carboxylic acids is 1. The van der Waals surface area contributed by atoms with Crippen molar-refractivity contribution in [1.82, 2.24) is 10.2 Å². The number of carbonyl (C=O) groups is 2. The molecule has 20 heavy (non-hydrogen) atoms. The van der Waals surface area contributed by atoms with Gasteiger partial charge in [-0.2, -0.15) is 0 Å². The quantitative estimate of drug-likeness (QED) is 0.570. The second-order valence-corrected chi connectivity index (χ2v) is 5.25. The van der Waals surface area contributed by atoms with E-state index in [9.17, 15) is 9.59 Å². The van der Waals surface area contributed by atoms with E-state index in [2.05, 4.69) is 12.2 Å². The number of hydrogen-bond donors (Lipinski definition) is 3. The predicted octanol–water partition coefficient (Wildman–Crippen LogP) is 1.68. The van der Waals surface area contributed by atoms with Gasteiger partial charge in [-0.15, -0.1) is 0 Å². The summed E-state index contributed by atoms with van der Waals surface area (Å²) in [6.07, 6.45) is 3.61. The first-order valence-electron chi connectivity index (χ1n) is 7.25. The van der Waals surface area contributed by atoms with Crippen LogP contribution in [0.2, 0.25) is 0 Å². The number of nitrogens with one attached hydrogen (secondary N) is 1. The topological polar surface area (TPSA) is 89.9 Å². The van der Waals surface area contributed by atoms with E-state index in [0.717, 1.165) is 19.3 Å². The molecule has 0 fully saturated rings. The van der Waals surface area contributed by atoms with Crippen LogP contribution in [0.3, 0.4) is 0 Å². The Morgan fingerprint density at radius 1 is 1.25 bits per heavy atom. The van der Waals surface area contributed by atoms with Gasteiger partial charge in [-0.25, -0.2) is 4.79 Å². The van der Waals surface area contributed by atoms with Gasteiger partial charge in [0, 0.05) is 20.0 Å². The Morgan fingerprint density at radius 3 is 2.40 bits per heavy atom. The first-order valence-corrected chi connectivity index (χ1v) is 7.25. The number of aliphatic hydroxyl groups is 1. The zero-order valence-electron chi connectivity index (χ0n) is 12.8. The number of aliphatic carboxylic acids is 1. The van der Waals surface area contributed by atoms with Crippen molar-refractivity contribution in [3.63, 3.8) is 0 Å². The Balaban J connectivity index is 4.03. The number of likely N-dealkylation sites (N-methyl/N-ethyl adjacent to an activating group) is 1. The lowest BCUT2D eigenvalue weighted by Gasteiger charge is -2.24. The average molecular weight is 288 g/mol. The predicted molar refractivity (Wildman–Crippen MR) is 77.6 cm³/mol. The van der Waals surface area contributed by atoms with Crippen molar-refractivity contribution in [3.8, 4) is 0 Å². The SMILES string of the molecule is CCCC(CCNC(=O)N(C)C(C)CO)CCC(=O)O. The summed E-state index contributed by atoms with van der Waals surface area (Å²) in [4.78, 5) is 23.8. The van der Waals surface area contributed by atoms with E-state index in [1.807, 2.05) is 0 Å². The fourth-order valence-corrected chi connectivity index (χ4v) is 2.00. The van der Waals surface area contributed by atoms with Crippen molar-refractivity contribution < 1.29 is 19.8 Å². The van der Waals surface area contributed by atoms with E-state index in [0.29, 0.717) is 18.9 Å². The van der Waals surface area contributed by atoms with E-state index in [1.165, 1.54) is 4.90 Å². The van der Waals surface area contributed by atoms with E-state index in [-0.39, 0.29) is 25.1 Å². The summed E-state index contributed by atoms with van der Waals surface area (Å²) in [5.41, 5.74) is 0. The summed E-state index contributed by atoms with van der Waals surface area (Å²) in [7, 11) is 1.64. The highest BCUT2D eigenvalue weighted by atomic mass is 16.4. The molecule has 6 nitrogen and oxygen atoms in total. The number of aliphatic hydroxyl groups excluding tert-OH is 1. The molecule has 2 unspecified atom stereocenters. The summed E-state index contributed by atoms with van der Waals surface area (Å²) >= 11 is 0. The van der Waals surface area contributed by atoms with Gasteiger partial charge in [0.1, 0.15) is 0 Å². The van der Waals surface area contributed by atoms with Gasteiger partial charge < -0.3 is 20.4 Å². The van der Waals surface area contributed by atoms with Crippen LogP contribution in [0.15, 0.2) is 0 Å². The van der Waals surface area contributed by atoms with Gasteiger partial charge in [0.15, 0.2) is 0 Å². The number of rotatable bonds is 10. The fraction of sp³-hybridized carbons (Fsp3) is 0.857. The van der Waals surface area contributed by atoms with Gasteiger partial charge >= 0.3 is 12.0 Å². The highest BCUT2D eigenvalue weighted by molar-refractivity contribution is 5.74. The molecule has 2 atom stereocenters. The van der Waals surface area contributed by atoms with Crippen molar-refractivity contribution in [2.75, 3.05) is 20.2 Å². The highest BCUT2D eigenvalue weighted by Crippen LogP contribution is 2.17. The molecule has 0 bridgehead atoms. The average Bonchev–Trinajstić information content (AvgIpc) is 2.42. The minimum Gasteiger partial charge on any atom is -0.481 e. The molecule has 0 heterocycles. The molecule has 0 rings (SSSR count). The monoisotopic (exact) mass is 288 g/mol. The van der Waals surface area contributed by atoms with E-state index < -0.39 is 5.97 Å². The van der Waals surface area contributed by atoms with Crippen molar-refractivity contribution in [2.24, 2.45) is 5.92 Å². The maximum atomic E-state index is 11.8. The van der Waals surface area contributed by atoms with Crippen LogP contribution < -0.4 is 5.32 Å². The number of amides is 2. The lowest BCUT2D eigenvalue weighted by Crippen LogP contribution is -2.44. The first-order chi connectivity index (χ1) is 9.42. The maximum absolute atomic E-state index is 11.8. The van der Waals surface area contributed by atoms with Gasteiger partial charge in [0.2, 0.25) is 0 Å². The van der Waals surface area contributed by atoms with E-state index in [4.69, 9.17) is 10.2 Å². The molecule has 0 radical (unpaired) electrons. The van der Waals surface area contributed by atoms with Crippen molar-refractivity contribution in [3.05, 3.63) is 0 Å². The Kier molecular flexibility index (Phi) is 9.80. The van der Waals surface area contributed by atoms with Crippen LogP contribution in [0, 0.1) is 5.92 Å². The Morgan fingerprint density at radius 2 is 1.90 bits per heavy atom. The van der Waals surface area contributed by atoms with Crippen LogP contribution in [-0.4, -0.2) is 53.4 Å². The molecule has 0 saturated carbocycles. The number of hydrogen-bond acceptors (Lipinski definition) is 3. The number of carbonyl (C=O) groups excluding carboxylic acids is 1. The normalized spacial score (nSPS) is 13.6. The van der Waals surface area contributed by atoms with Crippen LogP contribution in [0.1, 0.15) is 46.0 Å². The van der Waals surface area contributed by atoms with Crippen LogP contribution in [0.4, 0.5) is 4.79 Å². The molecule has 0 aromatic carbocycles. The Labute approximate surface area is 121 Å². The lowest BCUT2D eigenvalue weighted by molar-refractivity contribution is -0.137. The summed E-state index contributed by atoms with van der Waals surface area (Å²) in [5, 5.41) is 20.5. The zero-order valence-corrected chi connectivity index (χ0v) is 12.8. The second-order valence-electron chi connectivity index (χ2n) is 5.25. The van der Waals surface area contributed by atoms with E-state index in [1.54, 1.807) is 14.0 Å². The Bertz CT molecular complexity index is 297. The standard InChI is InChI=1S/C14H28N2O4/c1-4-5-12(6-7-13(18)19)8-9-15-14(20)16(3)11(2)10-17/h11-12,17H,4-10H2,1-3H3,(H,15,20)(H,18,19). The lowest BCUT2D eigenvalue weighted by atomic mass is 9.94. The molecule has 6 heteroatoms. The van der Waals surface area contributed by atoms with Gasteiger partial charge in [-0.05, 0) is 25.7 Å². The summed E-state index contributed by atoms with van der Waals surface area (Å²) in [6, 6.07) is -0.423. The third kappa shape index (κ3) is 7.99. The number of carboxylic acid groups (broad SMARTS) is 1. The molecule has 0 aliphatic heterocycles. The van der Waals surface area contributed by atoms with Crippen molar-refractivity contribution in [2.45, 2.75) is 52.0 Å². The third-order valence-corrected chi connectivity index (χ3v) is 3.54. The molecule has 0 spiro atoms. The zero-order chi connectivity index (χ0) is 15.5. The summed E-state index contributed by atoms with van der Waals surface area (Å²) < 4.78 is 0. The molecule has 0 aliphatic carbocycles. The highest BCUT2D eigenvalue weighted by Gasteiger charge is 2.15. The van der Waals surface area contributed by atoms with Gasteiger partial charge in [-0.1, -0.05) is 19.8 Å². The van der Waals surface area contributed by atoms with Gasteiger partial charge in [0.25, 0.3) is 0 Å². The van der Waals surface area contributed by atoms with Crippen LogP contribution in [0.5, 0.6) is 0 Å². The minimum atomic E-state index is -0.772. The van der Waals surface area contributed by atoms with Crippen LogP contribution in [0.25, 0.3) is 0 Å². The van der Waals surface area contributed by atoms with Crippen molar-refractivity contribution >= 4 is 12.0 Å². The third-order valence-electron chi connectivity index (χ3n) is 3.54. The molecule has 0 aliphatic rings. The van der Waals surface area contributed by atoms with Crippen molar-refractivity contribution in [1.29, 1.82) is 0 Å². The molecular weight excluding hydrogens is 260 g/mol. The molecular formula is C14H28N2O4. The molecule has 118 valence electrons. The summed E-state index contributed by atoms with van der Waals surface area (Å²) in [5.74, 6) is -0.441. The largest absolute Gasteiger partial charge is 0.481 e. The number of nitrogens with zero attached hydrogens (tertiary/aromatic N) is 1. The van der Waals surface area contributed by atoms with Gasteiger partial charge in [0.05, 0.1) is 12.6 Å². The molecule has 0 aromatic rings. The maximum Gasteiger partial charge on any atom is 0.317 e. The second kappa shape index (κ2) is 10.5. The summed E-state index contributed by atoms with van der Waals surface area (Å²) in [6.45, 7) is 4.31. The van der Waals surface area contributed by atoms with Gasteiger partial charge in [-0.3, -0.25) is 4.79 Å². The smallest absolute Gasteiger partial charge is 0.317 e. The minimum absolute atomic E-state index is 0.0685. The number of urea groups is 1. The molecule has 3 N–H and O–H groups in total. The van der Waals surface area contributed by atoms with Crippen LogP contribution >= 0.6 is 0 Å². The molecule has 0 saturated heterocycles.